The standard InChI is InChI=1S/C29H21Cl2F3N8O4/c1-15(41-26(44)18-5-2-3-6-19(18)27(41)45)23-36-22(37-42(23)25-20(31)7-4-12-35-25)14-40-28(46)39(13-21(43)29(32,33)34)24(38-40)16-8-10-17(30)11-9-16/h2-12,15,21,43H,13-14H2,1H3/t15-,21+/m1/s1. The number of carbonyl (C=O) groups excluding carboxylic acids is 2. The van der Waals surface area contributed by atoms with Gasteiger partial charge in [-0.2, -0.15) is 17.9 Å². The van der Waals surface area contributed by atoms with Crippen molar-refractivity contribution in [1.29, 1.82) is 0 Å². The van der Waals surface area contributed by atoms with Crippen LogP contribution in [0.2, 0.25) is 10.0 Å². The number of aromatic nitrogens is 7. The maximum atomic E-state index is 13.4. The summed E-state index contributed by atoms with van der Waals surface area (Å²) >= 11 is 12.4. The molecule has 5 aromatic rings. The number of nitrogens with zero attached hydrogens (tertiary/aromatic N) is 8. The molecule has 0 radical (unpaired) electrons. The van der Waals surface area contributed by atoms with Crippen molar-refractivity contribution in [2.24, 2.45) is 0 Å². The predicted octanol–water partition coefficient (Wildman–Crippen LogP) is 4.32. The van der Waals surface area contributed by atoms with Gasteiger partial charge in [0.15, 0.2) is 29.4 Å². The zero-order chi connectivity index (χ0) is 32.9. The number of hydrogen-bond donors (Lipinski definition) is 1. The van der Waals surface area contributed by atoms with Gasteiger partial charge in [-0.15, -0.1) is 10.2 Å². The Morgan fingerprint density at radius 1 is 0.913 bits per heavy atom. The number of aliphatic hydroxyl groups is 1. The third kappa shape index (κ3) is 5.57. The Kier molecular flexibility index (Phi) is 8.00. The lowest BCUT2D eigenvalue weighted by Gasteiger charge is -2.22. The van der Waals surface area contributed by atoms with Crippen molar-refractivity contribution in [2.45, 2.75) is 38.3 Å². The van der Waals surface area contributed by atoms with Crippen LogP contribution >= 0.6 is 23.2 Å². The van der Waals surface area contributed by atoms with Crippen LogP contribution < -0.4 is 5.69 Å². The number of benzene rings is 2. The van der Waals surface area contributed by atoms with Crippen molar-refractivity contribution in [2.75, 3.05) is 0 Å². The van der Waals surface area contributed by atoms with Crippen molar-refractivity contribution < 1.29 is 27.9 Å². The summed E-state index contributed by atoms with van der Waals surface area (Å²) < 4.78 is 42.6. The van der Waals surface area contributed by atoms with Crippen LogP contribution in [0, 0.1) is 0 Å². The Balaban J connectivity index is 1.43. The average Bonchev–Trinajstić information content (AvgIpc) is 3.65. The van der Waals surface area contributed by atoms with E-state index in [1.807, 2.05) is 0 Å². The van der Waals surface area contributed by atoms with Gasteiger partial charge in [-0.05, 0) is 55.5 Å². The van der Waals surface area contributed by atoms with Crippen LogP contribution in [0.15, 0.2) is 71.7 Å². The Morgan fingerprint density at radius 3 is 2.17 bits per heavy atom. The summed E-state index contributed by atoms with van der Waals surface area (Å²) in [7, 11) is 0. The normalized spacial score (nSPS) is 14.5. The second-order valence-corrected chi connectivity index (χ2v) is 11.1. The molecule has 236 valence electrons. The molecule has 2 amide bonds. The second-order valence-electron chi connectivity index (χ2n) is 10.2. The molecule has 46 heavy (non-hydrogen) atoms. The predicted molar refractivity (Wildman–Crippen MR) is 158 cm³/mol. The van der Waals surface area contributed by atoms with E-state index < -0.39 is 48.9 Å². The molecule has 17 heteroatoms. The molecule has 0 spiro atoms. The third-order valence-electron chi connectivity index (χ3n) is 7.25. The van der Waals surface area contributed by atoms with Gasteiger partial charge in [0.2, 0.25) is 0 Å². The molecule has 1 aliphatic rings. The summed E-state index contributed by atoms with van der Waals surface area (Å²) in [6.07, 6.45) is -6.42. The fourth-order valence-electron chi connectivity index (χ4n) is 5.00. The first-order chi connectivity index (χ1) is 21.8. The molecule has 12 nitrogen and oxygen atoms in total. The largest absolute Gasteiger partial charge is 0.416 e. The number of carbonyl (C=O) groups is 2. The van der Waals surface area contributed by atoms with Gasteiger partial charge in [-0.1, -0.05) is 35.3 Å². The first-order valence-corrected chi connectivity index (χ1v) is 14.3. The highest BCUT2D eigenvalue weighted by atomic mass is 35.5. The molecule has 1 aliphatic heterocycles. The summed E-state index contributed by atoms with van der Waals surface area (Å²) in [5.41, 5.74) is -0.299. The second kappa shape index (κ2) is 11.8. The van der Waals surface area contributed by atoms with Gasteiger partial charge in [-0.3, -0.25) is 19.1 Å². The molecule has 0 aliphatic carbocycles. The minimum atomic E-state index is -5.00. The third-order valence-corrected chi connectivity index (χ3v) is 7.80. The maximum absolute atomic E-state index is 13.4. The molecular weight excluding hydrogens is 652 g/mol. The fraction of sp³-hybridized carbons (Fsp3) is 0.207. The Morgan fingerprint density at radius 2 is 1.57 bits per heavy atom. The number of rotatable bonds is 8. The van der Waals surface area contributed by atoms with E-state index in [0.717, 1.165) is 9.58 Å². The highest BCUT2D eigenvalue weighted by molar-refractivity contribution is 6.32. The first-order valence-electron chi connectivity index (χ1n) is 13.6. The number of amides is 2. The molecule has 0 bridgehead atoms. The molecule has 2 atom stereocenters. The van der Waals surface area contributed by atoms with Gasteiger partial charge in [0.1, 0.15) is 6.54 Å². The number of pyridine rings is 1. The van der Waals surface area contributed by atoms with E-state index in [9.17, 15) is 32.7 Å². The zero-order valence-corrected chi connectivity index (χ0v) is 25.1. The maximum Gasteiger partial charge on any atom is 0.416 e. The Hall–Kier alpha value is -4.86. The molecule has 4 heterocycles. The van der Waals surface area contributed by atoms with Gasteiger partial charge in [-0.25, -0.2) is 19.4 Å². The Bertz CT molecular complexity index is 2010. The van der Waals surface area contributed by atoms with Crippen LogP contribution in [0.1, 0.15) is 45.3 Å². The molecule has 0 saturated heterocycles. The number of hydrogen-bond acceptors (Lipinski definition) is 8. The monoisotopic (exact) mass is 672 g/mol. The van der Waals surface area contributed by atoms with Crippen LogP contribution in [0.4, 0.5) is 13.2 Å². The number of alkyl halides is 3. The van der Waals surface area contributed by atoms with Gasteiger partial charge >= 0.3 is 11.9 Å². The highest BCUT2D eigenvalue weighted by Gasteiger charge is 2.41. The SMILES string of the molecule is C[C@H](c1nc(Cn2nc(-c3ccc(Cl)cc3)n(C[C@H](O)C(F)(F)F)c2=O)nn1-c1ncccc1Cl)N1C(=O)c2ccccc2C1=O. The van der Waals surface area contributed by atoms with E-state index in [1.165, 1.54) is 53.3 Å². The molecule has 2 aromatic carbocycles. The van der Waals surface area contributed by atoms with Crippen LogP contribution in [0.3, 0.4) is 0 Å². The zero-order valence-electron chi connectivity index (χ0n) is 23.6. The lowest BCUT2D eigenvalue weighted by molar-refractivity contribution is -0.207. The van der Waals surface area contributed by atoms with E-state index in [1.54, 1.807) is 25.1 Å². The van der Waals surface area contributed by atoms with Crippen molar-refractivity contribution in [1.82, 2.24) is 39.0 Å². The summed E-state index contributed by atoms with van der Waals surface area (Å²) in [6.45, 7) is -0.0254. The smallest absolute Gasteiger partial charge is 0.382 e. The molecule has 1 N–H and O–H groups in total. The van der Waals surface area contributed by atoms with Crippen LogP contribution in [0.5, 0.6) is 0 Å². The van der Waals surface area contributed by atoms with Crippen LogP contribution in [0.25, 0.3) is 17.2 Å². The lowest BCUT2D eigenvalue weighted by atomic mass is 10.1. The fourth-order valence-corrected chi connectivity index (χ4v) is 5.33. The number of imide groups is 1. The van der Waals surface area contributed by atoms with Crippen LogP contribution in [-0.4, -0.2) is 68.2 Å². The molecule has 0 saturated carbocycles. The van der Waals surface area contributed by atoms with Crippen molar-refractivity contribution in [3.8, 4) is 17.2 Å². The van der Waals surface area contributed by atoms with E-state index in [4.69, 9.17) is 23.2 Å². The minimum Gasteiger partial charge on any atom is -0.382 e. The van der Waals surface area contributed by atoms with Crippen LogP contribution in [-0.2, 0) is 13.1 Å². The number of fused-ring (bicyclic) bond motifs is 1. The van der Waals surface area contributed by atoms with E-state index in [2.05, 4.69) is 20.2 Å². The molecule has 0 unspecified atom stereocenters. The summed E-state index contributed by atoms with van der Waals surface area (Å²) in [4.78, 5) is 49.8. The summed E-state index contributed by atoms with van der Waals surface area (Å²) in [5.74, 6) is -1.18. The van der Waals surface area contributed by atoms with Crippen molar-refractivity contribution >= 4 is 35.0 Å². The van der Waals surface area contributed by atoms with E-state index >= 15 is 0 Å². The lowest BCUT2D eigenvalue weighted by Crippen LogP contribution is -2.37. The van der Waals surface area contributed by atoms with E-state index in [-0.39, 0.29) is 45.0 Å². The molecular formula is C29H21Cl2F3N8O4. The Labute approximate surface area is 267 Å². The summed E-state index contributed by atoms with van der Waals surface area (Å²) in [6, 6.07) is 14.3. The average molecular weight is 673 g/mol. The molecule has 0 fully saturated rings. The quantitative estimate of drug-likeness (QED) is 0.240. The van der Waals surface area contributed by atoms with Gasteiger partial charge in [0.25, 0.3) is 11.8 Å². The van der Waals surface area contributed by atoms with Gasteiger partial charge in [0, 0.05) is 16.8 Å². The molecule has 3 aromatic heterocycles. The van der Waals surface area contributed by atoms with Gasteiger partial charge < -0.3 is 5.11 Å². The first kappa shape index (κ1) is 31.1. The number of aliphatic hydroxyl groups excluding tert-OH is 1. The molecule has 6 rings (SSSR count). The minimum absolute atomic E-state index is 0.0583. The number of halogens is 5. The summed E-state index contributed by atoms with van der Waals surface area (Å²) in [5, 5.41) is 19.0. The topological polar surface area (TPSA) is 141 Å². The van der Waals surface area contributed by atoms with Crippen molar-refractivity contribution in [3.63, 3.8) is 0 Å². The highest BCUT2D eigenvalue weighted by Crippen LogP contribution is 2.32. The van der Waals surface area contributed by atoms with Gasteiger partial charge in [0.05, 0.1) is 28.7 Å². The van der Waals surface area contributed by atoms with Crippen molar-refractivity contribution in [3.05, 3.63) is 110 Å². The van der Waals surface area contributed by atoms with E-state index in [0.29, 0.717) is 9.59 Å².